The lowest BCUT2D eigenvalue weighted by atomic mass is 10.1. The van der Waals surface area contributed by atoms with E-state index < -0.39 is 12.0 Å². The van der Waals surface area contributed by atoms with Gasteiger partial charge in [0.2, 0.25) is 5.88 Å². The van der Waals surface area contributed by atoms with E-state index in [1.54, 1.807) is 13.8 Å². The molecule has 7 nitrogen and oxygen atoms in total. The Hall–Kier alpha value is -2.83. The summed E-state index contributed by atoms with van der Waals surface area (Å²) >= 11 is 0. The largest absolute Gasteiger partial charge is 0.462 e. The first kappa shape index (κ1) is 16.5. The smallest absolute Gasteiger partial charge is 0.345 e. The van der Waals surface area contributed by atoms with Crippen LogP contribution in [0.2, 0.25) is 0 Å². The van der Waals surface area contributed by atoms with Gasteiger partial charge in [0.15, 0.2) is 0 Å². The molecule has 1 aromatic carbocycles. The van der Waals surface area contributed by atoms with Crippen LogP contribution in [0.3, 0.4) is 0 Å². The lowest BCUT2D eigenvalue weighted by Gasteiger charge is -2.07. The van der Waals surface area contributed by atoms with Crippen molar-refractivity contribution in [2.45, 2.75) is 20.3 Å². The third-order valence-electron chi connectivity index (χ3n) is 3.11. The monoisotopic (exact) mass is 317 g/mol. The number of benzene rings is 1. The van der Waals surface area contributed by atoms with Gasteiger partial charge >= 0.3 is 12.0 Å². The summed E-state index contributed by atoms with van der Waals surface area (Å²) in [5.41, 5.74) is 1.61. The molecule has 0 aliphatic heterocycles. The van der Waals surface area contributed by atoms with E-state index >= 15 is 0 Å². The maximum absolute atomic E-state index is 11.9. The minimum absolute atomic E-state index is 0.0156. The summed E-state index contributed by atoms with van der Waals surface area (Å²) in [6.07, 6.45) is 0.703. The molecule has 2 rings (SSSR count). The number of anilines is 1. The summed E-state index contributed by atoms with van der Waals surface area (Å²) in [5.74, 6) is -0.594. The number of aryl methyl sites for hydroxylation is 1. The first-order valence-corrected chi connectivity index (χ1v) is 7.34. The number of amides is 2. The molecule has 7 heteroatoms. The zero-order chi connectivity index (χ0) is 16.7. The fraction of sp³-hybridized carbons (Fsp3) is 0.312. The van der Waals surface area contributed by atoms with Crippen LogP contribution in [0.25, 0.3) is 0 Å². The van der Waals surface area contributed by atoms with Crippen molar-refractivity contribution in [1.82, 2.24) is 10.5 Å². The first-order chi connectivity index (χ1) is 11.1. The van der Waals surface area contributed by atoms with Crippen LogP contribution in [0.1, 0.15) is 28.5 Å². The lowest BCUT2D eigenvalue weighted by molar-refractivity contribution is 0.0526. The van der Waals surface area contributed by atoms with Crippen molar-refractivity contribution in [3.05, 3.63) is 47.2 Å². The molecule has 1 aromatic heterocycles. The van der Waals surface area contributed by atoms with Gasteiger partial charge in [0.25, 0.3) is 0 Å². The van der Waals surface area contributed by atoms with Crippen LogP contribution in [0.4, 0.5) is 10.7 Å². The highest BCUT2D eigenvalue weighted by Gasteiger charge is 2.23. The predicted molar refractivity (Wildman–Crippen MR) is 84.4 cm³/mol. The average Bonchev–Trinajstić information content (AvgIpc) is 2.89. The Balaban J connectivity index is 1.89. The standard InChI is InChI=1S/C16H19N3O4/c1-3-22-15(20)13-11(2)19-23-14(13)18-16(21)17-10-9-12-7-5-4-6-8-12/h4-8H,3,9-10H2,1-2H3,(H2,17,18,21). The molecular formula is C16H19N3O4. The van der Waals surface area contributed by atoms with Gasteiger partial charge in [-0.05, 0) is 25.8 Å². The van der Waals surface area contributed by atoms with Crippen molar-refractivity contribution in [1.29, 1.82) is 0 Å². The lowest BCUT2D eigenvalue weighted by Crippen LogP contribution is -2.30. The van der Waals surface area contributed by atoms with E-state index in [4.69, 9.17) is 9.26 Å². The van der Waals surface area contributed by atoms with Gasteiger partial charge in [-0.2, -0.15) is 0 Å². The molecule has 2 aromatic rings. The molecule has 0 fully saturated rings. The number of nitrogens with one attached hydrogen (secondary N) is 2. The highest BCUT2D eigenvalue weighted by Crippen LogP contribution is 2.20. The summed E-state index contributed by atoms with van der Waals surface area (Å²) < 4.78 is 9.89. The Bertz CT molecular complexity index is 667. The number of urea groups is 1. The number of carbonyl (C=O) groups excluding carboxylic acids is 2. The van der Waals surface area contributed by atoms with Crippen LogP contribution >= 0.6 is 0 Å². The molecule has 1 heterocycles. The molecule has 23 heavy (non-hydrogen) atoms. The van der Waals surface area contributed by atoms with Crippen molar-refractivity contribution >= 4 is 17.9 Å². The van der Waals surface area contributed by atoms with Gasteiger partial charge in [0, 0.05) is 6.54 Å². The highest BCUT2D eigenvalue weighted by molar-refractivity contribution is 5.99. The number of aromatic nitrogens is 1. The Morgan fingerprint density at radius 1 is 1.26 bits per heavy atom. The molecular weight excluding hydrogens is 298 g/mol. The molecule has 0 saturated carbocycles. The molecule has 0 aliphatic carbocycles. The summed E-state index contributed by atoms with van der Waals surface area (Å²) in [4.78, 5) is 23.7. The molecule has 0 radical (unpaired) electrons. The first-order valence-electron chi connectivity index (χ1n) is 7.34. The highest BCUT2D eigenvalue weighted by atomic mass is 16.5. The number of hydrogen-bond acceptors (Lipinski definition) is 5. The third kappa shape index (κ3) is 4.57. The molecule has 0 atom stereocenters. The topological polar surface area (TPSA) is 93.5 Å². The second kappa shape index (κ2) is 7.98. The number of rotatable bonds is 6. The summed E-state index contributed by atoms with van der Waals surface area (Å²) in [5, 5.41) is 8.86. The SMILES string of the molecule is CCOC(=O)c1c(C)noc1NC(=O)NCCc1ccccc1. The van der Waals surface area contributed by atoms with E-state index in [-0.39, 0.29) is 18.1 Å². The van der Waals surface area contributed by atoms with Crippen LogP contribution < -0.4 is 10.6 Å². The Labute approximate surface area is 134 Å². The normalized spacial score (nSPS) is 10.2. The quantitative estimate of drug-likeness (QED) is 0.799. The Kier molecular flexibility index (Phi) is 5.74. The maximum Gasteiger partial charge on any atom is 0.345 e. The van der Waals surface area contributed by atoms with Gasteiger partial charge in [-0.3, -0.25) is 5.32 Å². The van der Waals surface area contributed by atoms with Gasteiger partial charge in [-0.1, -0.05) is 35.5 Å². The summed E-state index contributed by atoms with van der Waals surface area (Å²) in [6.45, 7) is 3.99. The number of hydrogen-bond donors (Lipinski definition) is 2. The predicted octanol–water partition coefficient (Wildman–Crippen LogP) is 2.52. The van der Waals surface area contributed by atoms with Crippen LogP contribution in [-0.2, 0) is 11.2 Å². The molecule has 2 N–H and O–H groups in total. The van der Waals surface area contributed by atoms with E-state index in [1.165, 1.54) is 0 Å². The van der Waals surface area contributed by atoms with E-state index in [9.17, 15) is 9.59 Å². The molecule has 0 bridgehead atoms. The van der Waals surface area contributed by atoms with Crippen molar-refractivity contribution in [2.75, 3.05) is 18.5 Å². The molecule has 0 unspecified atom stereocenters. The minimum Gasteiger partial charge on any atom is -0.462 e. The molecule has 0 aliphatic rings. The van der Waals surface area contributed by atoms with Crippen molar-refractivity contribution < 1.29 is 18.8 Å². The van der Waals surface area contributed by atoms with Crippen molar-refractivity contribution in [2.24, 2.45) is 0 Å². The number of ether oxygens (including phenoxy) is 1. The van der Waals surface area contributed by atoms with Crippen LogP contribution in [0.5, 0.6) is 0 Å². The molecule has 2 amide bonds. The van der Waals surface area contributed by atoms with Gasteiger partial charge in [0.05, 0.1) is 12.3 Å². The number of carbonyl (C=O) groups is 2. The Morgan fingerprint density at radius 2 is 2.00 bits per heavy atom. The number of esters is 1. The van der Waals surface area contributed by atoms with Crippen LogP contribution in [-0.4, -0.2) is 30.3 Å². The molecule has 0 spiro atoms. The van der Waals surface area contributed by atoms with Gasteiger partial charge in [-0.15, -0.1) is 0 Å². The minimum atomic E-state index is -0.578. The van der Waals surface area contributed by atoms with E-state index in [1.807, 2.05) is 30.3 Å². The van der Waals surface area contributed by atoms with Gasteiger partial charge < -0.3 is 14.6 Å². The maximum atomic E-state index is 11.9. The van der Waals surface area contributed by atoms with Crippen molar-refractivity contribution in [3.63, 3.8) is 0 Å². The zero-order valence-electron chi connectivity index (χ0n) is 13.1. The molecule has 0 saturated heterocycles. The fourth-order valence-electron chi connectivity index (χ4n) is 2.01. The van der Waals surface area contributed by atoms with Gasteiger partial charge in [0.1, 0.15) is 5.56 Å². The van der Waals surface area contributed by atoms with E-state index in [2.05, 4.69) is 15.8 Å². The third-order valence-corrected chi connectivity index (χ3v) is 3.11. The zero-order valence-corrected chi connectivity index (χ0v) is 13.1. The van der Waals surface area contributed by atoms with Crippen LogP contribution in [0.15, 0.2) is 34.9 Å². The van der Waals surface area contributed by atoms with E-state index in [0.717, 1.165) is 5.56 Å². The van der Waals surface area contributed by atoms with Crippen molar-refractivity contribution in [3.8, 4) is 0 Å². The second-order valence-corrected chi connectivity index (χ2v) is 4.81. The average molecular weight is 317 g/mol. The second-order valence-electron chi connectivity index (χ2n) is 4.81. The van der Waals surface area contributed by atoms with Crippen LogP contribution in [0, 0.1) is 6.92 Å². The Morgan fingerprint density at radius 3 is 2.70 bits per heavy atom. The fourth-order valence-corrected chi connectivity index (χ4v) is 2.01. The number of nitrogens with zero attached hydrogens (tertiary/aromatic N) is 1. The molecule has 122 valence electrons. The van der Waals surface area contributed by atoms with Gasteiger partial charge in [-0.25, -0.2) is 9.59 Å². The summed E-state index contributed by atoms with van der Waals surface area (Å²) in [7, 11) is 0. The summed E-state index contributed by atoms with van der Waals surface area (Å²) in [6, 6.07) is 9.32. The van der Waals surface area contributed by atoms with E-state index in [0.29, 0.717) is 18.7 Å².